The number of esters is 1. The van der Waals surface area contributed by atoms with E-state index in [1.54, 1.807) is 0 Å². The second-order valence-electron chi connectivity index (χ2n) is 4.17. The van der Waals surface area contributed by atoms with E-state index in [9.17, 15) is 13.2 Å². The summed E-state index contributed by atoms with van der Waals surface area (Å²) >= 11 is 5.75. The average molecular weight is 341 g/mol. The van der Waals surface area contributed by atoms with E-state index in [2.05, 4.69) is 0 Å². The zero-order chi connectivity index (χ0) is 15.3. The van der Waals surface area contributed by atoms with Gasteiger partial charge < -0.3 is 9.47 Å². The van der Waals surface area contributed by atoms with Gasteiger partial charge in [-0.3, -0.25) is 0 Å². The van der Waals surface area contributed by atoms with Crippen molar-refractivity contribution in [3.63, 3.8) is 0 Å². The molecule has 1 rings (SSSR count). The lowest BCUT2D eigenvalue weighted by Gasteiger charge is -2.09. The van der Waals surface area contributed by atoms with Crippen molar-refractivity contribution in [1.82, 2.24) is 0 Å². The number of carbonyl (C=O) groups is 1. The van der Waals surface area contributed by atoms with Crippen molar-refractivity contribution >= 4 is 37.3 Å². The first kappa shape index (κ1) is 17.2. The lowest BCUT2D eigenvalue weighted by Crippen LogP contribution is -2.13. The molecule has 0 bridgehead atoms. The maximum atomic E-state index is 11.7. The minimum atomic E-state index is -3.96. The van der Waals surface area contributed by atoms with Crippen molar-refractivity contribution in [3.05, 3.63) is 28.8 Å². The third-order valence-corrected chi connectivity index (χ3v) is 3.71. The second kappa shape index (κ2) is 7.26. The Morgan fingerprint density at radius 3 is 2.45 bits per heavy atom. The summed E-state index contributed by atoms with van der Waals surface area (Å²) in [5.41, 5.74) is 0.0151. The number of carbonyl (C=O) groups excluding carboxylic acids is 1. The Hall–Kier alpha value is -0.820. The van der Waals surface area contributed by atoms with E-state index in [1.165, 1.54) is 6.07 Å². The molecule has 0 radical (unpaired) electrons. The smallest absolute Gasteiger partial charge is 0.338 e. The van der Waals surface area contributed by atoms with Gasteiger partial charge in [0.15, 0.2) is 0 Å². The Kier molecular flexibility index (Phi) is 6.26. The normalized spacial score (nSPS) is 11.7. The molecule has 0 aliphatic heterocycles. The number of halogens is 2. The summed E-state index contributed by atoms with van der Waals surface area (Å²) in [5, 5.41) is 0.0807. The van der Waals surface area contributed by atoms with Gasteiger partial charge in [0.25, 0.3) is 9.05 Å². The molecule has 5 nitrogen and oxygen atoms in total. The van der Waals surface area contributed by atoms with E-state index in [1.807, 2.05) is 13.8 Å². The number of ether oxygens (including phenoxy) is 2. The Labute approximate surface area is 127 Å². The topological polar surface area (TPSA) is 69.7 Å². The fraction of sp³-hybridized carbons (Fsp3) is 0.417. The van der Waals surface area contributed by atoms with Crippen LogP contribution < -0.4 is 0 Å². The van der Waals surface area contributed by atoms with Gasteiger partial charge in [-0.1, -0.05) is 11.6 Å². The molecule has 0 aromatic heterocycles. The van der Waals surface area contributed by atoms with E-state index in [0.717, 1.165) is 12.1 Å². The van der Waals surface area contributed by atoms with Crippen LogP contribution in [-0.2, 0) is 18.5 Å². The lowest BCUT2D eigenvalue weighted by molar-refractivity contribution is 0.0177. The molecule has 0 heterocycles. The lowest BCUT2D eigenvalue weighted by atomic mass is 10.2. The molecule has 0 N–H and O–H groups in total. The van der Waals surface area contributed by atoms with Crippen LogP contribution in [0.15, 0.2) is 23.1 Å². The van der Waals surface area contributed by atoms with Crippen molar-refractivity contribution in [2.24, 2.45) is 0 Å². The van der Waals surface area contributed by atoms with Gasteiger partial charge in [-0.05, 0) is 32.0 Å². The van der Waals surface area contributed by atoms with Gasteiger partial charge in [0.2, 0.25) is 0 Å². The Morgan fingerprint density at radius 2 is 1.90 bits per heavy atom. The van der Waals surface area contributed by atoms with Crippen molar-refractivity contribution in [1.29, 1.82) is 0 Å². The van der Waals surface area contributed by atoms with E-state index in [0.29, 0.717) is 0 Å². The van der Waals surface area contributed by atoms with Gasteiger partial charge in [-0.15, -0.1) is 0 Å². The standard InChI is InChI=1S/C12H14Cl2O5S/c1-8(2)18-3-4-19-12(15)9-5-10(13)7-11(6-9)20(14,16)17/h5-8H,3-4H2,1-2H3. The van der Waals surface area contributed by atoms with Gasteiger partial charge in [0, 0.05) is 15.7 Å². The first-order valence-corrected chi connectivity index (χ1v) is 8.43. The minimum absolute atomic E-state index is 0.0151. The Morgan fingerprint density at radius 1 is 1.25 bits per heavy atom. The summed E-state index contributed by atoms with van der Waals surface area (Å²) in [6, 6.07) is 3.57. The fourth-order valence-corrected chi connectivity index (χ4v) is 2.43. The summed E-state index contributed by atoms with van der Waals surface area (Å²) < 4.78 is 32.6. The number of hydrogen-bond donors (Lipinski definition) is 0. The van der Waals surface area contributed by atoms with E-state index in [-0.39, 0.29) is 34.8 Å². The Bertz CT molecular complexity index is 584. The average Bonchev–Trinajstić information content (AvgIpc) is 2.32. The molecule has 0 atom stereocenters. The van der Waals surface area contributed by atoms with Crippen LogP contribution in [0.4, 0.5) is 0 Å². The zero-order valence-corrected chi connectivity index (χ0v) is 13.3. The summed E-state index contributed by atoms with van der Waals surface area (Å²) in [6.07, 6.45) is 0.0351. The summed E-state index contributed by atoms with van der Waals surface area (Å²) in [4.78, 5) is 11.5. The van der Waals surface area contributed by atoms with Crippen molar-refractivity contribution in [3.8, 4) is 0 Å². The van der Waals surface area contributed by atoms with Gasteiger partial charge >= 0.3 is 5.97 Å². The zero-order valence-electron chi connectivity index (χ0n) is 10.9. The third-order valence-electron chi connectivity index (χ3n) is 2.16. The Balaban J connectivity index is 2.76. The van der Waals surface area contributed by atoms with E-state index in [4.69, 9.17) is 31.8 Å². The number of benzene rings is 1. The fourth-order valence-electron chi connectivity index (χ4n) is 1.32. The van der Waals surface area contributed by atoms with Gasteiger partial charge in [0.1, 0.15) is 6.61 Å². The molecule has 0 amide bonds. The first-order valence-electron chi connectivity index (χ1n) is 5.74. The first-order chi connectivity index (χ1) is 9.20. The second-order valence-corrected chi connectivity index (χ2v) is 7.17. The molecular weight excluding hydrogens is 327 g/mol. The van der Waals surface area contributed by atoms with Crippen LogP contribution in [0, 0.1) is 0 Å². The number of rotatable bonds is 6. The highest BCUT2D eigenvalue weighted by atomic mass is 35.7. The van der Waals surface area contributed by atoms with Crippen LogP contribution in [0.5, 0.6) is 0 Å². The predicted octanol–water partition coefficient (Wildman–Crippen LogP) is 2.85. The molecule has 0 saturated carbocycles. The maximum absolute atomic E-state index is 11.7. The highest BCUT2D eigenvalue weighted by Crippen LogP contribution is 2.22. The molecule has 0 unspecified atom stereocenters. The predicted molar refractivity (Wildman–Crippen MR) is 75.9 cm³/mol. The van der Waals surface area contributed by atoms with Gasteiger partial charge in [-0.25, -0.2) is 13.2 Å². The van der Waals surface area contributed by atoms with Crippen LogP contribution >= 0.6 is 22.3 Å². The largest absolute Gasteiger partial charge is 0.460 e. The van der Waals surface area contributed by atoms with Gasteiger partial charge in [0.05, 0.1) is 23.2 Å². The molecule has 112 valence electrons. The van der Waals surface area contributed by atoms with Crippen LogP contribution in [-0.4, -0.2) is 33.7 Å². The summed E-state index contributed by atoms with van der Waals surface area (Å²) in [7, 11) is 1.25. The molecule has 8 heteroatoms. The number of hydrogen-bond acceptors (Lipinski definition) is 5. The molecule has 0 spiro atoms. The molecule has 0 fully saturated rings. The molecule has 1 aromatic rings. The van der Waals surface area contributed by atoms with Crippen molar-refractivity contribution < 1.29 is 22.7 Å². The maximum Gasteiger partial charge on any atom is 0.338 e. The van der Waals surface area contributed by atoms with E-state index < -0.39 is 15.0 Å². The SMILES string of the molecule is CC(C)OCCOC(=O)c1cc(Cl)cc(S(=O)(=O)Cl)c1. The summed E-state index contributed by atoms with van der Waals surface area (Å²) in [6.45, 7) is 4.03. The quantitative estimate of drug-likeness (QED) is 0.452. The molecule has 0 aliphatic carbocycles. The van der Waals surface area contributed by atoms with E-state index >= 15 is 0 Å². The molecule has 0 saturated heterocycles. The minimum Gasteiger partial charge on any atom is -0.460 e. The molecule has 1 aromatic carbocycles. The van der Waals surface area contributed by atoms with Crippen LogP contribution in [0.1, 0.15) is 24.2 Å². The molecular formula is C12H14Cl2O5S. The highest BCUT2D eigenvalue weighted by molar-refractivity contribution is 8.13. The third kappa shape index (κ3) is 5.66. The van der Waals surface area contributed by atoms with Crippen molar-refractivity contribution in [2.75, 3.05) is 13.2 Å². The molecule has 0 aliphatic rings. The molecule has 20 heavy (non-hydrogen) atoms. The van der Waals surface area contributed by atoms with Gasteiger partial charge in [-0.2, -0.15) is 0 Å². The van der Waals surface area contributed by atoms with Crippen LogP contribution in [0.3, 0.4) is 0 Å². The van der Waals surface area contributed by atoms with Crippen LogP contribution in [0.25, 0.3) is 0 Å². The van der Waals surface area contributed by atoms with Crippen LogP contribution in [0.2, 0.25) is 5.02 Å². The van der Waals surface area contributed by atoms with Crippen molar-refractivity contribution in [2.45, 2.75) is 24.8 Å². The summed E-state index contributed by atoms with van der Waals surface area (Å²) in [5.74, 6) is -0.693. The monoisotopic (exact) mass is 340 g/mol. The highest BCUT2D eigenvalue weighted by Gasteiger charge is 2.16.